The maximum absolute atomic E-state index is 13.0. The van der Waals surface area contributed by atoms with Crippen LogP contribution in [0.2, 0.25) is 0 Å². The fraction of sp³-hybridized carbons (Fsp3) is 0.769. The third-order valence-electron chi connectivity index (χ3n) is 16.1. The Balaban J connectivity index is 0.000000195. The van der Waals surface area contributed by atoms with Crippen LogP contribution in [0, 0.1) is 62.1 Å². The Morgan fingerprint density at radius 1 is 0.644 bits per heavy atom. The molecule has 0 aromatic heterocycles. The highest BCUT2D eigenvalue weighted by Gasteiger charge is 2.65. The molecule has 0 aromatic carbocycles. The van der Waals surface area contributed by atoms with Gasteiger partial charge in [0.15, 0.2) is 0 Å². The number of carboxylic acid groups (broad SMARTS) is 2. The van der Waals surface area contributed by atoms with E-state index in [1.807, 2.05) is 0 Å². The van der Waals surface area contributed by atoms with Gasteiger partial charge < -0.3 is 14.9 Å². The van der Waals surface area contributed by atoms with Crippen LogP contribution in [-0.4, -0.2) is 34.2 Å². The Morgan fingerprint density at radius 3 is 1.27 bits per heavy atom. The summed E-state index contributed by atoms with van der Waals surface area (Å²) >= 11 is 0. The van der Waals surface area contributed by atoms with Crippen LogP contribution in [0.3, 0.4) is 0 Å². The summed E-state index contributed by atoms with van der Waals surface area (Å²) in [4.78, 5) is 33.3. The number of carbonyl (C=O) groups is 3. The second kappa shape index (κ2) is 11.4. The van der Waals surface area contributed by atoms with Crippen LogP contribution in [0.25, 0.3) is 0 Å². The average Bonchev–Trinajstić information content (AvgIpc) is 3.61. The van der Waals surface area contributed by atoms with Gasteiger partial charge in [0.25, 0.3) is 0 Å². The van der Waals surface area contributed by atoms with E-state index in [9.17, 15) is 14.4 Å². The highest BCUT2D eigenvalue weighted by Crippen LogP contribution is 2.71. The van der Waals surface area contributed by atoms with E-state index in [0.717, 1.165) is 43.3 Å². The number of rotatable bonds is 6. The number of aliphatic carboxylic acids is 2. The van der Waals surface area contributed by atoms with Gasteiger partial charge in [-0.15, -0.1) is 0 Å². The maximum atomic E-state index is 13.0. The predicted octanol–water partition coefficient (Wildman–Crippen LogP) is 9.11. The molecule has 252 valence electrons. The van der Waals surface area contributed by atoms with Crippen molar-refractivity contribution in [1.82, 2.24) is 0 Å². The van der Waals surface area contributed by atoms with Crippen LogP contribution < -0.4 is 0 Å². The first kappa shape index (κ1) is 35.5. The molecule has 9 atom stereocenters. The minimum absolute atomic E-state index is 0.0740. The first-order valence-electron chi connectivity index (χ1n) is 17.2. The van der Waals surface area contributed by atoms with Crippen molar-refractivity contribution in [3.8, 4) is 0 Å². The highest BCUT2D eigenvalue weighted by atomic mass is 16.5. The number of hydrogen-bond donors (Lipinski definition) is 2. The summed E-state index contributed by atoms with van der Waals surface area (Å²) in [6.07, 6.45) is 11.5. The monoisotopic (exact) mass is 624 g/mol. The Hall–Kier alpha value is -2.37. The van der Waals surface area contributed by atoms with Gasteiger partial charge in [0.05, 0.1) is 0 Å². The van der Waals surface area contributed by atoms with E-state index >= 15 is 0 Å². The standard InChI is InChI=1S/C23H36O2.C13H20O2.C3H4O2/c1-14(17-12-15-8-10-22(17,6)20(15,2)3)19(24)25-18-13-16-9-11-23(18,7)21(16,4)5;1-8(11(14)15)10-7-9-5-6-13(10,4)12(9,2)3;1-2-3(4)5/h15-18H,1,8-13H2,2-7H3;9-10H,1,5-7H2,2-4H3,(H,14,15);2H,1H2,(H,4,5)/t15-,16-,17?,18?,22-,23-;9-,10?,13-;/m11./s1. The molecule has 0 spiro atoms. The molecule has 0 heterocycles. The second-order valence-corrected chi connectivity index (χ2v) is 17.7. The number of fused-ring (bicyclic) bond motifs is 6. The lowest BCUT2D eigenvalue weighted by molar-refractivity contribution is -0.153. The van der Waals surface area contributed by atoms with Gasteiger partial charge in [-0.25, -0.2) is 14.4 Å². The van der Waals surface area contributed by atoms with Gasteiger partial charge in [-0.1, -0.05) is 82.1 Å². The van der Waals surface area contributed by atoms with Crippen molar-refractivity contribution >= 4 is 17.9 Å². The molecule has 6 bridgehead atoms. The Labute approximate surface area is 272 Å². The van der Waals surface area contributed by atoms with E-state index in [1.54, 1.807) is 0 Å². The summed E-state index contributed by atoms with van der Waals surface area (Å²) < 4.78 is 6.14. The van der Waals surface area contributed by atoms with Gasteiger partial charge in [-0.3, -0.25) is 0 Å². The largest absolute Gasteiger partial charge is 0.478 e. The third kappa shape index (κ3) is 5.15. The van der Waals surface area contributed by atoms with Gasteiger partial charge >= 0.3 is 17.9 Å². The fourth-order valence-electron chi connectivity index (χ4n) is 11.3. The maximum Gasteiger partial charge on any atom is 0.333 e. The van der Waals surface area contributed by atoms with Gasteiger partial charge in [0, 0.05) is 22.6 Å². The number of esters is 1. The molecule has 6 aliphatic carbocycles. The quantitative estimate of drug-likeness (QED) is 0.226. The molecular weight excluding hydrogens is 564 g/mol. The van der Waals surface area contributed by atoms with Crippen LogP contribution >= 0.6 is 0 Å². The third-order valence-corrected chi connectivity index (χ3v) is 16.1. The first-order chi connectivity index (χ1) is 20.5. The van der Waals surface area contributed by atoms with Crippen molar-refractivity contribution in [3.63, 3.8) is 0 Å². The highest BCUT2D eigenvalue weighted by molar-refractivity contribution is 5.89. The van der Waals surface area contributed by atoms with Crippen molar-refractivity contribution < 1.29 is 29.3 Å². The van der Waals surface area contributed by atoms with E-state index in [-0.39, 0.29) is 45.1 Å². The fourth-order valence-corrected chi connectivity index (χ4v) is 11.3. The zero-order valence-electron chi connectivity index (χ0n) is 29.6. The SMILES string of the molecule is C=C(C(=O)O)C1C[C@H]2CC[C@@]1(C)C2(C)C.C=C(C(=O)OC1C[C@H]2CC[C@@]1(C)C2(C)C)C1C[C@H]2CC[C@@]1(C)C2(C)C.C=CC(=O)O. The van der Waals surface area contributed by atoms with Crippen LogP contribution in [0.4, 0.5) is 0 Å². The van der Waals surface area contributed by atoms with E-state index in [0.29, 0.717) is 28.7 Å². The topological polar surface area (TPSA) is 101 Å². The predicted molar refractivity (Wildman–Crippen MR) is 178 cm³/mol. The zero-order chi connectivity index (χ0) is 34.1. The zero-order valence-corrected chi connectivity index (χ0v) is 29.6. The van der Waals surface area contributed by atoms with Gasteiger partial charge in [0.1, 0.15) is 6.10 Å². The van der Waals surface area contributed by atoms with Crippen molar-refractivity contribution in [2.75, 3.05) is 0 Å². The van der Waals surface area contributed by atoms with E-state index < -0.39 is 11.9 Å². The van der Waals surface area contributed by atoms with Gasteiger partial charge in [-0.2, -0.15) is 0 Å². The Morgan fingerprint density at radius 2 is 1.00 bits per heavy atom. The Kier molecular flexibility index (Phi) is 8.99. The minimum Gasteiger partial charge on any atom is -0.478 e. The molecule has 45 heavy (non-hydrogen) atoms. The molecule has 0 aromatic rings. The Bertz CT molecular complexity index is 1270. The number of carboxylic acids is 2. The molecule has 0 radical (unpaired) electrons. The summed E-state index contributed by atoms with van der Waals surface area (Å²) in [5.74, 6) is 0.688. The van der Waals surface area contributed by atoms with Gasteiger partial charge in [-0.05, 0) is 114 Å². The number of carbonyl (C=O) groups excluding carboxylic acids is 1. The second-order valence-electron chi connectivity index (χ2n) is 17.7. The summed E-state index contributed by atoms with van der Waals surface area (Å²) in [6.45, 7) is 32.0. The first-order valence-corrected chi connectivity index (χ1v) is 17.2. The number of ether oxygens (including phenoxy) is 1. The molecule has 6 nitrogen and oxygen atoms in total. The lowest BCUT2D eigenvalue weighted by Gasteiger charge is -2.41. The summed E-state index contributed by atoms with van der Waals surface area (Å²) in [5, 5.41) is 16.7. The van der Waals surface area contributed by atoms with Crippen LogP contribution in [0.15, 0.2) is 37.0 Å². The molecule has 2 N–H and O–H groups in total. The molecule has 6 saturated carbocycles. The molecule has 3 unspecified atom stereocenters. The van der Waals surface area contributed by atoms with Crippen molar-refractivity contribution in [3.05, 3.63) is 37.0 Å². The minimum atomic E-state index is -0.981. The summed E-state index contributed by atoms with van der Waals surface area (Å²) in [7, 11) is 0. The lowest BCUT2D eigenvalue weighted by Crippen LogP contribution is -2.40. The number of hydrogen-bond acceptors (Lipinski definition) is 4. The normalized spacial score (nSPS) is 41.7. The molecule has 6 heteroatoms. The van der Waals surface area contributed by atoms with Crippen LogP contribution in [-0.2, 0) is 19.1 Å². The van der Waals surface area contributed by atoms with Crippen LogP contribution in [0.1, 0.15) is 120 Å². The molecule has 0 aliphatic heterocycles. The smallest absolute Gasteiger partial charge is 0.333 e. The average molecular weight is 625 g/mol. The van der Waals surface area contributed by atoms with Gasteiger partial charge in [0.2, 0.25) is 0 Å². The molecule has 0 amide bonds. The summed E-state index contributed by atoms with van der Waals surface area (Å²) in [5.41, 5.74) is 2.51. The molecule has 6 rings (SSSR count). The van der Waals surface area contributed by atoms with E-state index in [1.165, 1.54) is 32.1 Å². The molecular formula is C39H60O6. The van der Waals surface area contributed by atoms with Crippen molar-refractivity contribution in [1.29, 1.82) is 0 Å². The molecule has 6 fully saturated rings. The van der Waals surface area contributed by atoms with E-state index in [2.05, 4.69) is 82.1 Å². The van der Waals surface area contributed by atoms with Crippen molar-refractivity contribution in [2.45, 2.75) is 126 Å². The molecule has 0 saturated heterocycles. The summed E-state index contributed by atoms with van der Waals surface area (Å²) in [6, 6.07) is 0. The lowest BCUT2D eigenvalue weighted by atomic mass is 9.65. The van der Waals surface area contributed by atoms with E-state index in [4.69, 9.17) is 14.9 Å². The van der Waals surface area contributed by atoms with Crippen molar-refractivity contribution in [2.24, 2.45) is 62.1 Å². The molecule has 6 aliphatic rings. The van der Waals surface area contributed by atoms with Crippen LogP contribution in [0.5, 0.6) is 0 Å².